The molecule has 3 rings (SSSR count). The van der Waals surface area contributed by atoms with Crippen molar-refractivity contribution in [3.63, 3.8) is 0 Å². The van der Waals surface area contributed by atoms with Gasteiger partial charge in [-0.1, -0.05) is 30.3 Å². The number of urea groups is 1. The molecule has 0 radical (unpaired) electrons. The van der Waals surface area contributed by atoms with Crippen LogP contribution in [0.4, 0.5) is 4.79 Å². The number of rotatable bonds is 3. The van der Waals surface area contributed by atoms with Gasteiger partial charge in [0.2, 0.25) is 5.91 Å². The molecule has 1 aromatic rings. The van der Waals surface area contributed by atoms with Gasteiger partial charge in [-0.05, 0) is 12.6 Å². The van der Waals surface area contributed by atoms with Crippen LogP contribution < -0.4 is 5.32 Å². The molecule has 0 spiro atoms. The number of hydrogen-bond acceptors (Lipinski definition) is 4. The van der Waals surface area contributed by atoms with Gasteiger partial charge in [-0.3, -0.25) is 4.79 Å². The van der Waals surface area contributed by atoms with Gasteiger partial charge < -0.3 is 24.8 Å². The average Bonchev–Trinajstić information content (AvgIpc) is 2.67. The van der Waals surface area contributed by atoms with E-state index in [1.807, 2.05) is 35.2 Å². The summed E-state index contributed by atoms with van der Waals surface area (Å²) in [5, 5.41) is 2.94. The summed E-state index contributed by atoms with van der Waals surface area (Å²) >= 11 is 0. The van der Waals surface area contributed by atoms with Gasteiger partial charge in [0.05, 0.1) is 13.2 Å². The number of likely N-dealkylation sites (N-methyl/N-ethyl adjacent to an activating group) is 1. The predicted octanol–water partition coefficient (Wildman–Crippen LogP) is 0.544. The first-order valence-corrected chi connectivity index (χ1v) is 8.80. The topological polar surface area (TPSA) is 65.1 Å². The smallest absolute Gasteiger partial charge is 0.318 e. The average molecular weight is 346 g/mol. The lowest BCUT2D eigenvalue weighted by Gasteiger charge is -2.35. The summed E-state index contributed by atoms with van der Waals surface area (Å²) in [5.41, 5.74) is 0.813. The van der Waals surface area contributed by atoms with E-state index >= 15 is 0 Å². The maximum absolute atomic E-state index is 13.1. The molecule has 0 aromatic heterocycles. The minimum absolute atomic E-state index is 0.0408. The molecule has 2 saturated heterocycles. The number of carbonyl (C=O) groups excluding carboxylic acids is 2. The lowest BCUT2D eigenvalue weighted by molar-refractivity contribution is -0.135. The van der Waals surface area contributed by atoms with Crippen molar-refractivity contribution in [2.45, 2.75) is 6.04 Å². The summed E-state index contributed by atoms with van der Waals surface area (Å²) in [7, 11) is 2.05. The molecule has 0 bridgehead atoms. The van der Waals surface area contributed by atoms with Crippen molar-refractivity contribution in [2.24, 2.45) is 0 Å². The summed E-state index contributed by atoms with van der Waals surface area (Å²) in [5.74, 6) is -0.0408. The van der Waals surface area contributed by atoms with Gasteiger partial charge in [0.25, 0.3) is 0 Å². The fourth-order valence-electron chi connectivity index (χ4n) is 3.12. The van der Waals surface area contributed by atoms with Gasteiger partial charge in [-0.15, -0.1) is 0 Å². The third-order valence-electron chi connectivity index (χ3n) is 4.76. The van der Waals surface area contributed by atoms with Crippen molar-refractivity contribution < 1.29 is 14.3 Å². The lowest BCUT2D eigenvalue weighted by Crippen LogP contribution is -2.53. The lowest BCUT2D eigenvalue weighted by atomic mass is 10.1. The Labute approximate surface area is 148 Å². The highest BCUT2D eigenvalue weighted by Gasteiger charge is 2.30. The molecule has 0 unspecified atom stereocenters. The van der Waals surface area contributed by atoms with Gasteiger partial charge in [-0.25, -0.2) is 4.79 Å². The Morgan fingerprint density at radius 3 is 2.24 bits per heavy atom. The minimum atomic E-state index is -0.653. The molecule has 7 nitrogen and oxygen atoms in total. The molecule has 1 N–H and O–H groups in total. The first-order chi connectivity index (χ1) is 12.1. The van der Waals surface area contributed by atoms with Crippen molar-refractivity contribution in [3.8, 4) is 0 Å². The van der Waals surface area contributed by atoms with Crippen LogP contribution in [0.15, 0.2) is 30.3 Å². The van der Waals surface area contributed by atoms with Crippen LogP contribution in [-0.2, 0) is 9.53 Å². The van der Waals surface area contributed by atoms with Gasteiger partial charge >= 0.3 is 6.03 Å². The van der Waals surface area contributed by atoms with Crippen molar-refractivity contribution >= 4 is 11.9 Å². The number of ether oxygens (including phenoxy) is 1. The number of hydrogen-bond donors (Lipinski definition) is 1. The molecule has 25 heavy (non-hydrogen) atoms. The number of nitrogens with one attached hydrogen (secondary N) is 1. The van der Waals surface area contributed by atoms with E-state index in [1.165, 1.54) is 0 Å². The maximum Gasteiger partial charge on any atom is 0.318 e. The highest BCUT2D eigenvalue weighted by Crippen LogP contribution is 2.18. The molecule has 7 heteroatoms. The number of amides is 3. The largest absolute Gasteiger partial charge is 0.378 e. The normalized spacial score (nSPS) is 20.2. The van der Waals surface area contributed by atoms with Gasteiger partial charge in [0, 0.05) is 39.3 Å². The zero-order chi connectivity index (χ0) is 17.6. The van der Waals surface area contributed by atoms with Crippen LogP contribution in [-0.4, -0.2) is 86.2 Å². The van der Waals surface area contributed by atoms with Crippen LogP contribution >= 0.6 is 0 Å². The molecule has 0 aliphatic carbocycles. The van der Waals surface area contributed by atoms with Gasteiger partial charge in [0.15, 0.2) is 0 Å². The van der Waals surface area contributed by atoms with Crippen LogP contribution in [0.2, 0.25) is 0 Å². The summed E-state index contributed by atoms with van der Waals surface area (Å²) in [6.45, 7) is 5.26. The van der Waals surface area contributed by atoms with E-state index in [2.05, 4.69) is 17.3 Å². The molecule has 1 atom stereocenters. The molecular formula is C18H26N4O3. The fraction of sp³-hybridized carbons (Fsp3) is 0.556. The van der Waals surface area contributed by atoms with Gasteiger partial charge in [-0.2, -0.15) is 0 Å². The standard InChI is InChI=1S/C18H26N4O3/c1-20-7-9-21(10-8-20)17(23)16(15-5-3-2-4-6-15)19-18(24)22-11-13-25-14-12-22/h2-6,16H,7-14H2,1H3,(H,19,24)/t16-/m0/s1. The van der Waals surface area contributed by atoms with E-state index in [1.54, 1.807) is 4.90 Å². The second-order valence-electron chi connectivity index (χ2n) is 6.52. The molecule has 2 fully saturated rings. The molecule has 3 amide bonds. The fourth-order valence-corrected chi connectivity index (χ4v) is 3.12. The predicted molar refractivity (Wildman–Crippen MR) is 94.2 cm³/mol. The molecular weight excluding hydrogens is 320 g/mol. The monoisotopic (exact) mass is 346 g/mol. The molecule has 2 heterocycles. The first kappa shape index (κ1) is 17.7. The second-order valence-corrected chi connectivity index (χ2v) is 6.52. The molecule has 2 aliphatic heterocycles. The Kier molecular flexibility index (Phi) is 5.88. The number of piperazine rings is 1. The number of morpholine rings is 1. The summed E-state index contributed by atoms with van der Waals surface area (Å²) < 4.78 is 5.29. The minimum Gasteiger partial charge on any atom is -0.378 e. The molecule has 136 valence electrons. The quantitative estimate of drug-likeness (QED) is 0.868. The van der Waals surface area contributed by atoms with Crippen molar-refractivity contribution in [2.75, 3.05) is 59.5 Å². The molecule has 1 aromatic carbocycles. The van der Waals surface area contributed by atoms with Crippen molar-refractivity contribution in [1.29, 1.82) is 0 Å². The van der Waals surface area contributed by atoms with Crippen LogP contribution in [0.5, 0.6) is 0 Å². The summed E-state index contributed by atoms with van der Waals surface area (Å²) in [6, 6.07) is 8.60. The van der Waals surface area contributed by atoms with Crippen LogP contribution in [0.25, 0.3) is 0 Å². The molecule has 0 saturated carbocycles. The van der Waals surface area contributed by atoms with Crippen molar-refractivity contribution in [1.82, 2.24) is 20.0 Å². The Bertz CT molecular complexity index is 581. The van der Waals surface area contributed by atoms with Crippen LogP contribution in [0, 0.1) is 0 Å². The zero-order valence-corrected chi connectivity index (χ0v) is 14.7. The summed E-state index contributed by atoms with van der Waals surface area (Å²) in [6.07, 6.45) is 0. The third kappa shape index (κ3) is 4.49. The Balaban J connectivity index is 1.73. The highest BCUT2D eigenvalue weighted by molar-refractivity contribution is 5.88. The van der Waals surface area contributed by atoms with Gasteiger partial charge in [0.1, 0.15) is 6.04 Å². The van der Waals surface area contributed by atoms with Crippen molar-refractivity contribution in [3.05, 3.63) is 35.9 Å². The zero-order valence-electron chi connectivity index (χ0n) is 14.7. The Morgan fingerprint density at radius 1 is 0.960 bits per heavy atom. The van der Waals surface area contributed by atoms with E-state index in [-0.39, 0.29) is 11.9 Å². The number of carbonyl (C=O) groups is 2. The van der Waals surface area contributed by atoms with E-state index in [0.29, 0.717) is 39.4 Å². The Morgan fingerprint density at radius 2 is 1.60 bits per heavy atom. The van der Waals surface area contributed by atoms with Crippen LogP contribution in [0.1, 0.15) is 11.6 Å². The Hall–Kier alpha value is -2.12. The van der Waals surface area contributed by atoms with Crippen LogP contribution in [0.3, 0.4) is 0 Å². The van der Waals surface area contributed by atoms with E-state index in [0.717, 1.165) is 18.7 Å². The number of nitrogens with zero attached hydrogens (tertiary/aromatic N) is 3. The highest BCUT2D eigenvalue weighted by atomic mass is 16.5. The third-order valence-corrected chi connectivity index (χ3v) is 4.76. The SMILES string of the molecule is CN1CCN(C(=O)[C@@H](NC(=O)N2CCOCC2)c2ccccc2)CC1. The van der Waals surface area contributed by atoms with E-state index in [4.69, 9.17) is 4.74 Å². The number of benzene rings is 1. The second kappa shape index (κ2) is 8.31. The molecule has 2 aliphatic rings. The summed E-state index contributed by atoms with van der Waals surface area (Å²) in [4.78, 5) is 31.4. The first-order valence-electron chi connectivity index (χ1n) is 8.80. The van der Waals surface area contributed by atoms with E-state index < -0.39 is 6.04 Å². The van der Waals surface area contributed by atoms with E-state index in [9.17, 15) is 9.59 Å². The maximum atomic E-state index is 13.1.